The molecular formula is C17H22N2O4. The lowest BCUT2D eigenvalue weighted by Gasteiger charge is -2.27. The molecule has 3 rings (SSSR count). The van der Waals surface area contributed by atoms with Gasteiger partial charge < -0.3 is 15.1 Å². The summed E-state index contributed by atoms with van der Waals surface area (Å²) in [5.74, 6) is -1.06. The van der Waals surface area contributed by atoms with Crippen LogP contribution in [0.5, 0.6) is 0 Å². The fraction of sp³-hybridized carbons (Fsp3) is 0.471. The summed E-state index contributed by atoms with van der Waals surface area (Å²) in [4.78, 5) is 28.0. The fourth-order valence-electron chi connectivity index (χ4n) is 2.80. The summed E-state index contributed by atoms with van der Waals surface area (Å²) in [6, 6.07) is 5.48. The lowest BCUT2D eigenvalue weighted by molar-refractivity contribution is 0.0651. The molecule has 0 spiro atoms. The second kappa shape index (κ2) is 8.31. The van der Waals surface area contributed by atoms with E-state index in [-0.39, 0.29) is 11.1 Å². The quantitative estimate of drug-likeness (QED) is 0.875. The molecule has 2 aliphatic rings. The van der Waals surface area contributed by atoms with Gasteiger partial charge in [0.2, 0.25) is 0 Å². The molecule has 0 aromatic heterocycles. The van der Waals surface area contributed by atoms with Crippen LogP contribution in [0.4, 0.5) is 0 Å². The largest absolute Gasteiger partial charge is 0.478 e. The topological polar surface area (TPSA) is 90.2 Å². The summed E-state index contributed by atoms with van der Waals surface area (Å²) in [7, 11) is 0. The molecule has 6 heteroatoms. The van der Waals surface area contributed by atoms with Crippen LogP contribution < -0.4 is 0 Å². The van der Waals surface area contributed by atoms with Gasteiger partial charge in [-0.3, -0.25) is 4.99 Å². The maximum Gasteiger partial charge on any atom is 0.336 e. The summed E-state index contributed by atoms with van der Waals surface area (Å²) < 4.78 is 0. The molecule has 124 valence electrons. The minimum atomic E-state index is -1.23. The summed E-state index contributed by atoms with van der Waals surface area (Å²) in [6.45, 7) is 3.60. The minimum absolute atomic E-state index is 0.190. The van der Waals surface area contributed by atoms with Gasteiger partial charge in [-0.1, -0.05) is 18.6 Å². The second-order valence-electron chi connectivity index (χ2n) is 5.61. The number of aliphatic imine (C=N–C) groups is 1. The SMILES string of the molecule is C1CCC2=NCCCN2CC1.O=C(O)c1ccccc1C(=O)O. The number of fused-ring (bicyclic) bond motifs is 1. The van der Waals surface area contributed by atoms with Crippen LogP contribution in [0.2, 0.25) is 0 Å². The van der Waals surface area contributed by atoms with Gasteiger partial charge in [0.05, 0.1) is 17.0 Å². The minimum Gasteiger partial charge on any atom is -0.478 e. The third kappa shape index (κ3) is 4.81. The highest BCUT2D eigenvalue weighted by Crippen LogP contribution is 2.15. The zero-order valence-electron chi connectivity index (χ0n) is 13.1. The number of carbonyl (C=O) groups is 2. The Bertz CT molecular complexity index is 565. The number of nitrogens with zero attached hydrogens (tertiary/aromatic N) is 2. The lowest BCUT2D eigenvalue weighted by atomic mass is 10.1. The van der Waals surface area contributed by atoms with E-state index in [4.69, 9.17) is 10.2 Å². The Morgan fingerprint density at radius 2 is 1.52 bits per heavy atom. The van der Waals surface area contributed by atoms with E-state index in [0.717, 1.165) is 6.54 Å². The molecule has 1 saturated heterocycles. The first-order valence-corrected chi connectivity index (χ1v) is 7.93. The first-order valence-electron chi connectivity index (χ1n) is 7.93. The number of rotatable bonds is 2. The number of carboxylic acids is 2. The number of amidine groups is 1. The third-order valence-corrected chi connectivity index (χ3v) is 3.96. The smallest absolute Gasteiger partial charge is 0.336 e. The van der Waals surface area contributed by atoms with Gasteiger partial charge >= 0.3 is 11.9 Å². The normalized spacial score (nSPS) is 17.0. The van der Waals surface area contributed by atoms with Gasteiger partial charge in [0.1, 0.15) is 0 Å². The molecule has 0 amide bonds. The summed E-state index contributed by atoms with van der Waals surface area (Å²) >= 11 is 0. The molecule has 2 N–H and O–H groups in total. The standard InChI is InChI=1S/C9H16N2.C8H6O4/c1-2-5-9-10-6-4-8-11(9)7-3-1;9-7(10)5-3-1-2-4-6(5)8(11)12/h1-8H2;1-4H,(H,9,10)(H,11,12). The predicted octanol–water partition coefficient (Wildman–Crippen LogP) is 2.75. The average molecular weight is 318 g/mol. The first-order chi connectivity index (χ1) is 11.1. The van der Waals surface area contributed by atoms with E-state index in [1.807, 2.05) is 0 Å². The molecule has 2 aliphatic heterocycles. The highest BCUT2D eigenvalue weighted by molar-refractivity contribution is 6.01. The Morgan fingerprint density at radius 1 is 0.913 bits per heavy atom. The van der Waals surface area contributed by atoms with E-state index >= 15 is 0 Å². The average Bonchev–Trinajstić information content (AvgIpc) is 2.80. The Morgan fingerprint density at radius 3 is 2.13 bits per heavy atom. The van der Waals surface area contributed by atoms with Crippen molar-refractivity contribution in [3.05, 3.63) is 35.4 Å². The Labute approximate surface area is 135 Å². The van der Waals surface area contributed by atoms with Crippen LogP contribution in [0, 0.1) is 0 Å². The molecule has 1 aromatic rings. The number of hydrogen-bond donors (Lipinski definition) is 2. The summed E-state index contributed by atoms with van der Waals surface area (Å²) in [6.07, 6.45) is 6.63. The molecule has 23 heavy (non-hydrogen) atoms. The monoisotopic (exact) mass is 318 g/mol. The van der Waals surface area contributed by atoms with Crippen LogP contribution in [-0.2, 0) is 0 Å². The van der Waals surface area contributed by atoms with E-state index in [1.165, 1.54) is 75.3 Å². The summed E-state index contributed by atoms with van der Waals surface area (Å²) in [5, 5.41) is 17.1. The number of benzene rings is 1. The van der Waals surface area contributed by atoms with Gasteiger partial charge in [0, 0.05) is 26.1 Å². The number of aromatic carboxylic acids is 2. The molecule has 1 aromatic carbocycles. The van der Waals surface area contributed by atoms with Crippen LogP contribution in [-0.4, -0.2) is 52.5 Å². The van der Waals surface area contributed by atoms with Gasteiger partial charge in [-0.2, -0.15) is 0 Å². The van der Waals surface area contributed by atoms with Gasteiger partial charge in [-0.05, 0) is 31.4 Å². The van der Waals surface area contributed by atoms with E-state index in [0.29, 0.717) is 0 Å². The third-order valence-electron chi connectivity index (χ3n) is 3.96. The Kier molecular flexibility index (Phi) is 6.14. The predicted molar refractivity (Wildman–Crippen MR) is 87.3 cm³/mol. The Hall–Kier alpha value is -2.37. The van der Waals surface area contributed by atoms with Crippen molar-refractivity contribution in [3.8, 4) is 0 Å². The molecule has 0 atom stereocenters. The van der Waals surface area contributed by atoms with Crippen molar-refractivity contribution in [3.63, 3.8) is 0 Å². The zero-order valence-corrected chi connectivity index (χ0v) is 13.1. The van der Waals surface area contributed by atoms with Crippen LogP contribution >= 0.6 is 0 Å². The second-order valence-corrected chi connectivity index (χ2v) is 5.61. The van der Waals surface area contributed by atoms with Crippen LogP contribution in [0.1, 0.15) is 52.8 Å². The highest BCUT2D eigenvalue weighted by Gasteiger charge is 2.16. The van der Waals surface area contributed by atoms with Crippen LogP contribution in [0.25, 0.3) is 0 Å². The molecule has 2 heterocycles. The van der Waals surface area contributed by atoms with Crippen LogP contribution in [0.15, 0.2) is 29.3 Å². The molecule has 6 nitrogen and oxygen atoms in total. The molecule has 0 saturated carbocycles. The van der Waals surface area contributed by atoms with Crippen molar-refractivity contribution >= 4 is 17.8 Å². The maximum atomic E-state index is 10.5. The molecule has 0 radical (unpaired) electrons. The van der Waals surface area contributed by atoms with E-state index < -0.39 is 11.9 Å². The zero-order chi connectivity index (χ0) is 16.7. The van der Waals surface area contributed by atoms with Crippen LogP contribution in [0.3, 0.4) is 0 Å². The lowest BCUT2D eigenvalue weighted by Crippen LogP contribution is -2.34. The van der Waals surface area contributed by atoms with Gasteiger partial charge in [0.25, 0.3) is 0 Å². The van der Waals surface area contributed by atoms with Crippen molar-refractivity contribution in [2.75, 3.05) is 19.6 Å². The molecule has 0 aliphatic carbocycles. The van der Waals surface area contributed by atoms with E-state index in [2.05, 4.69) is 9.89 Å². The van der Waals surface area contributed by atoms with Crippen molar-refractivity contribution in [1.82, 2.24) is 4.90 Å². The Balaban J connectivity index is 0.000000167. The number of hydrogen-bond acceptors (Lipinski definition) is 4. The number of carboxylic acid groups (broad SMARTS) is 2. The highest BCUT2D eigenvalue weighted by atomic mass is 16.4. The van der Waals surface area contributed by atoms with Crippen molar-refractivity contribution in [2.24, 2.45) is 4.99 Å². The first kappa shape index (κ1) is 17.0. The van der Waals surface area contributed by atoms with Gasteiger partial charge in [0.15, 0.2) is 0 Å². The maximum absolute atomic E-state index is 10.5. The molecular weight excluding hydrogens is 296 g/mol. The summed E-state index contributed by atoms with van der Waals surface area (Å²) in [5.41, 5.74) is -0.380. The molecule has 0 bridgehead atoms. The fourth-order valence-corrected chi connectivity index (χ4v) is 2.80. The molecule has 0 unspecified atom stereocenters. The van der Waals surface area contributed by atoms with Crippen molar-refractivity contribution in [2.45, 2.75) is 32.1 Å². The van der Waals surface area contributed by atoms with E-state index in [9.17, 15) is 9.59 Å². The van der Waals surface area contributed by atoms with Crippen molar-refractivity contribution < 1.29 is 19.8 Å². The molecule has 1 fully saturated rings. The van der Waals surface area contributed by atoms with E-state index in [1.54, 1.807) is 0 Å². The van der Waals surface area contributed by atoms with Gasteiger partial charge in [-0.15, -0.1) is 0 Å². The van der Waals surface area contributed by atoms with Gasteiger partial charge in [-0.25, -0.2) is 9.59 Å². The van der Waals surface area contributed by atoms with Crippen molar-refractivity contribution in [1.29, 1.82) is 0 Å².